The molecule has 2 aromatic rings. The normalized spacial score (nSPS) is 9.57. The fourth-order valence-electron chi connectivity index (χ4n) is 1.37. The van der Waals surface area contributed by atoms with Gasteiger partial charge in [0.05, 0.1) is 4.90 Å². The van der Waals surface area contributed by atoms with Gasteiger partial charge in [0.1, 0.15) is 0 Å². The summed E-state index contributed by atoms with van der Waals surface area (Å²) in [5.74, 6) is 0. The van der Waals surface area contributed by atoms with Crippen molar-refractivity contribution >= 4 is 51.8 Å². The Morgan fingerprint density at radius 1 is 0.810 bits per heavy atom. The first-order valence-corrected chi connectivity index (χ1v) is 7.29. The number of hydrogen-bond acceptors (Lipinski definition) is 2. The smallest absolute Gasteiger partial charge is 0.282 e. The van der Waals surface area contributed by atoms with E-state index >= 15 is 0 Å². The summed E-state index contributed by atoms with van der Waals surface area (Å²) < 4.78 is 29.7. The van der Waals surface area contributed by atoms with Gasteiger partial charge in [-0.15, -0.1) is 0 Å². The third-order valence-corrected chi connectivity index (χ3v) is 3.32. The fraction of sp³-hybridized carbons (Fsp3) is 0. The van der Waals surface area contributed by atoms with E-state index in [4.69, 9.17) is 4.55 Å². The zero-order valence-electron chi connectivity index (χ0n) is 11.9. The molecule has 2 rings (SSSR count). The Morgan fingerprint density at radius 3 is 1.57 bits per heavy atom. The first-order chi connectivity index (χ1) is 9.47. The van der Waals surface area contributed by atoms with Gasteiger partial charge in [0.25, 0.3) is 10.1 Å². The van der Waals surface area contributed by atoms with E-state index in [1.165, 1.54) is 17.7 Å². The summed E-state index contributed by atoms with van der Waals surface area (Å²) in [6.07, 6.45) is 3.42. The summed E-state index contributed by atoms with van der Waals surface area (Å²) in [5, 5.41) is 0. The summed E-state index contributed by atoms with van der Waals surface area (Å²) in [6.45, 7) is 7.14. The molecule has 1 N–H and O–H groups in total. The van der Waals surface area contributed by atoms with Gasteiger partial charge >= 0.3 is 0 Å². The molecule has 0 aromatic heterocycles. The van der Waals surface area contributed by atoms with Gasteiger partial charge in [-0.3, -0.25) is 4.55 Å². The second-order valence-electron chi connectivity index (χ2n) is 3.86. The third-order valence-electron chi connectivity index (χ3n) is 2.45. The molecular weight excluding hydrogens is 295 g/mol. The average Bonchev–Trinajstić information content (AvgIpc) is 2.48. The van der Waals surface area contributed by atoms with E-state index in [1.54, 1.807) is 18.2 Å². The van der Waals surface area contributed by atoms with Crippen LogP contribution >= 0.6 is 0 Å². The molecule has 0 spiro atoms. The van der Waals surface area contributed by atoms with Gasteiger partial charge in [-0.1, -0.05) is 67.8 Å². The van der Waals surface area contributed by atoms with Crippen LogP contribution in [-0.4, -0.2) is 42.5 Å². The minimum Gasteiger partial charge on any atom is -0.282 e. The van der Waals surface area contributed by atoms with Crippen LogP contribution in [0.3, 0.4) is 0 Å². The molecule has 21 heavy (non-hydrogen) atoms. The van der Waals surface area contributed by atoms with Crippen molar-refractivity contribution in [2.75, 3.05) is 0 Å². The summed E-state index contributed by atoms with van der Waals surface area (Å²) in [6, 6.07) is 15.8. The zero-order chi connectivity index (χ0) is 15.0. The summed E-state index contributed by atoms with van der Waals surface area (Å²) in [5.41, 5.74) is 1.98. The van der Waals surface area contributed by atoms with Crippen LogP contribution in [0.15, 0.2) is 72.7 Å². The summed E-state index contributed by atoms with van der Waals surface area (Å²) >= 11 is 0. The molecule has 0 heterocycles. The maximum absolute atomic E-state index is 10.6. The monoisotopic (exact) mass is 311 g/mol. The molecule has 0 saturated heterocycles. The molecule has 0 fully saturated rings. The summed E-state index contributed by atoms with van der Waals surface area (Å²) in [4.78, 5) is -0.104. The Morgan fingerprint density at radius 2 is 1.24 bits per heavy atom. The second-order valence-corrected chi connectivity index (χ2v) is 5.28. The first-order valence-electron chi connectivity index (χ1n) is 5.85. The molecule has 0 aliphatic heterocycles. The topological polar surface area (TPSA) is 54.4 Å². The van der Waals surface area contributed by atoms with Crippen molar-refractivity contribution in [3.63, 3.8) is 0 Å². The quantitative estimate of drug-likeness (QED) is 0.697. The fourth-order valence-corrected chi connectivity index (χ4v) is 1.85. The Hall–Kier alpha value is -1.17. The van der Waals surface area contributed by atoms with Crippen LogP contribution < -0.4 is 0 Å². The predicted octanol–water partition coefficient (Wildman–Crippen LogP) is 3.53. The van der Waals surface area contributed by atoms with E-state index in [0.717, 1.165) is 5.56 Å². The minimum absolute atomic E-state index is 0. The molecule has 2 aromatic carbocycles. The molecule has 0 atom stereocenters. The SMILES string of the molecule is C=Cc1ccc(S(=O)(=O)O)cc1.C=Cc1ccccc1.[Na]. The van der Waals surface area contributed by atoms with Gasteiger partial charge in [0.15, 0.2) is 0 Å². The van der Waals surface area contributed by atoms with Crippen molar-refractivity contribution in [1.29, 1.82) is 0 Å². The molecular formula is C16H16NaO3S. The van der Waals surface area contributed by atoms with E-state index in [9.17, 15) is 8.42 Å². The van der Waals surface area contributed by atoms with Crippen LogP contribution in [0, 0.1) is 0 Å². The number of rotatable bonds is 3. The largest absolute Gasteiger partial charge is 0.294 e. The Kier molecular flexibility index (Phi) is 9.17. The Labute approximate surface area is 148 Å². The molecule has 3 nitrogen and oxygen atoms in total. The van der Waals surface area contributed by atoms with Gasteiger partial charge in [0, 0.05) is 29.6 Å². The molecule has 0 bridgehead atoms. The molecule has 0 saturated carbocycles. The first kappa shape index (κ1) is 19.8. The third kappa shape index (κ3) is 7.41. The van der Waals surface area contributed by atoms with Crippen molar-refractivity contribution < 1.29 is 13.0 Å². The summed E-state index contributed by atoms with van der Waals surface area (Å²) in [7, 11) is -4.06. The second kappa shape index (κ2) is 9.71. The van der Waals surface area contributed by atoms with Crippen LogP contribution in [0.5, 0.6) is 0 Å². The van der Waals surface area contributed by atoms with Crippen LogP contribution in [0.25, 0.3) is 12.2 Å². The van der Waals surface area contributed by atoms with Crippen molar-refractivity contribution in [2.45, 2.75) is 4.90 Å². The van der Waals surface area contributed by atoms with Crippen molar-refractivity contribution in [1.82, 2.24) is 0 Å². The molecule has 0 amide bonds. The Bertz CT molecular complexity index is 662. The van der Waals surface area contributed by atoms with E-state index in [0.29, 0.717) is 0 Å². The van der Waals surface area contributed by atoms with Crippen LogP contribution in [0.4, 0.5) is 0 Å². The van der Waals surface area contributed by atoms with Crippen molar-refractivity contribution in [3.05, 3.63) is 78.9 Å². The van der Waals surface area contributed by atoms with Crippen molar-refractivity contribution in [2.24, 2.45) is 0 Å². The standard InChI is InChI=1S/C8H8O3S.C8H8.Na/c1-2-7-3-5-8(6-4-7)12(9,10)11;1-2-8-6-4-3-5-7-8;/h2-6H,1H2,(H,9,10,11);2-7H,1H2;. The average molecular weight is 311 g/mol. The van der Waals surface area contributed by atoms with Gasteiger partial charge < -0.3 is 0 Å². The zero-order valence-corrected chi connectivity index (χ0v) is 14.8. The van der Waals surface area contributed by atoms with Gasteiger partial charge in [-0.25, -0.2) is 0 Å². The molecule has 0 aliphatic carbocycles. The van der Waals surface area contributed by atoms with Gasteiger partial charge in [0.2, 0.25) is 0 Å². The van der Waals surface area contributed by atoms with Crippen molar-refractivity contribution in [3.8, 4) is 0 Å². The maximum Gasteiger partial charge on any atom is 0.294 e. The maximum atomic E-state index is 10.6. The molecule has 5 heteroatoms. The van der Waals surface area contributed by atoms with Crippen LogP contribution in [0.1, 0.15) is 11.1 Å². The van der Waals surface area contributed by atoms with E-state index in [1.807, 2.05) is 36.4 Å². The van der Waals surface area contributed by atoms with E-state index < -0.39 is 10.1 Å². The minimum atomic E-state index is -4.06. The van der Waals surface area contributed by atoms with E-state index in [2.05, 4.69) is 13.2 Å². The number of hydrogen-bond donors (Lipinski definition) is 1. The molecule has 105 valence electrons. The number of benzene rings is 2. The molecule has 0 unspecified atom stereocenters. The Balaban J connectivity index is 0.000000390. The molecule has 1 radical (unpaired) electrons. The van der Waals surface area contributed by atoms with Crippen LogP contribution in [-0.2, 0) is 10.1 Å². The predicted molar refractivity (Wildman–Crippen MR) is 88.6 cm³/mol. The van der Waals surface area contributed by atoms with E-state index in [-0.39, 0.29) is 34.5 Å². The van der Waals surface area contributed by atoms with Crippen LogP contribution in [0.2, 0.25) is 0 Å². The van der Waals surface area contributed by atoms with Gasteiger partial charge in [-0.05, 0) is 23.3 Å². The molecule has 0 aliphatic rings. The van der Waals surface area contributed by atoms with Gasteiger partial charge in [-0.2, -0.15) is 8.42 Å².